The molecule has 0 bridgehead atoms. The Morgan fingerprint density at radius 3 is 1.64 bits per heavy atom. The minimum absolute atomic E-state index is 0. The first kappa shape index (κ1) is 30.1. The van der Waals surface area contributed by atoms with Crippen molar-refractivity contribution in [2.75, 3.05) is 14.2 Å². The average molecular weight is 557 g/mol. The number of halogens is 2. The molecule has 4 heterocycles. The van der Waals surface area contributed by atoms with Gasteiger partial charge in [0.1, 0.15) is 41.4 Å². The summed E-state index contributed by atoms with van der Waals surface area (Å²) in [7, 11) is 3.08. The molecule has 2 spiro atoms. The molecule has 0 amide bonds. The molecular formula is C24H38Cl2O10. The van der Waals surface area contributed by atoms with Crippen molar-refractivity contribution in [3.63, 3.8) is 0 Å². The number of ether oxygens (including phenoxy) is 8. The van der Waals surface area contributed by atoms with Crippen LogP contribution in [0.25, 0.3) is 0 Å². The van der Waals surface area contributed by atoms with Crippen LogP contribution >= 0.6 is 23.2 Å². The molecular weight excluding hydrogens is 519 g/mol. The molecule has 2 saturated carbocycles. The lowest BCUT2D eigenvalue weighted by atomic mass is 9.73. The van der Waals surface area contributed by atoms with E-state index in [-0.39, 0.29) is 45.0 Å². The summed E-state index contributed by atoms with van der Waals surface area (Å²) in [4.78, 5) is 22.8. The molecule has 36 heavy (non-hydrogen) atoms. The fourth-order valence-corrected chi connectivity index (χ4v) is 6.27. The van der Waals surface area contributed by atoms with Crippen LogP contribution in [0.3, 0.4) is 0 Å². The molecule has 0 radical (unpaired) electrons. The summed E-state index contributed by atoms with van der Waals surface area (Å²) in [6.45, 7) is 7.31. The van der Waals surface area contributed by atoms with Crippen LogP contribution in [0.1, 0.15) is 61.8 Å². The van der Waals surface area contributed by atoms with Gasteiger partial charge in [-0.1, -0.05) is 38.1 Å². The smallest absolute Gasteiger partial charge is 0.207 e. The number of rotatable bonds is 2. The highest BCUT2D eigenvalue weighted by Crippen LogP contribution is 2.60. The molecule has 10 nitrogen and oxygen atoms in total. The van der Waals surface area contributed by atoms with Crippen LogP contribution in [0, 0.1) is 0 Å². The highest BCUT2D eigenvalue weighted by atomic mass is 35.5. The van der Waals surface area contributed by atoms with Gasteiger partial charge >= 0.3 is 0 Å². The Kier molecular flexibility index (Phi) is 7.84. The van der Waals surface area contributed by atoms with E-state index in [4.69, 9.17) is 61.1 Å². The first-order valence-corrected chi connectivity index (χ1v) is 12.0. The van der Waals surface area contributed by atoms with Crippen molar-refractivity contribution in [1.82, 2.24) is 0 Å². The van der Waals surface area contributed by atoms with Gasteiger partial charge in [-0.15, -0.1) is 0 Å². The van der Waals surface area contributed by atoms with E-state index >= 15 is 0 Å². The third-order valence-electron chi connectivity index (χ3n) is 7.21. The second-order valence-corrected chi connectivity index (χ2v) is 11.8. The first-order valence-electron chi connectivity index (χ1n) is 11.2. The van der Waals surface area contributed by atoms with Gasteiger partial charge in [0.05, 0.1) is 0 Å². The predicted octanol–water partition coefficient (Wildman–Crippen LogP) is 3.28. The summed E-state index contributed by atoms with van der Waals surface area (Å²) in [5, 5.41) is 0. The summed E-state index contributed by atoms with van der Waals surface area (Å²) in [5.41, 5.74) is -1.58. The van der Waals surface area contributed by atoms with Gasteiger partial charge in [-0.25, -0.2) is 0 Å². The van der Waals surface area contributed by atoms with Crippen molar-refractivity contribution in [3.8, 4) is 0 Å². The minimum Gasteiger partial charge on any atom is -0.353 e. The molecule has 6 rings (SSSR count). The molecule has 0 unspecified atom stereocenters. The van der Waals surface area contributed by atoms with E-state index in [9.17, 15) is 9.59 Å². The van der Waals surface area contributed by atoms with Gasteiger partial charge in [0.15, 0.2) is 29.9 Å². The second-order valence-electron chi connectivity index (χ2n) is 10.5. The Bertz CT molecular complexity index is 884. The van der Waals surface area contributed by atoms with Crippen molar-refractivity contribution < 1.29 is 47.5 Å². The summed E-state index contributed by atoms with van der Waals surface area (Å²) in [6.07, 6.45) is -1.50. The van der Waals surface area contributed by atoms with E-state index < -0.39 is 51.9 Å². The van der Waals surface area contributed by atoms with Crippen molar-refractivity contribution in [2.45, 2.75) is 126 Å². The van der Waals surface area contributed by atoms with E-state index in [1.165, 1.54) is 7.11 Å². The maximum atomic E-state index is 11.6. The van der Waals surface area contributed by atoms with E-state index in [1.54, 1.807) is 21.0 Å². The van der Waals surface area contributed by atoms with Crippen LogP contribution in [0.15, 0.2) is 0 Å². The summed E-state index contributed by atoms with van der Waals surface area (Å²) in [5.74, 6) is -1.45. The van der Waals surface area contributed by atoms with Crippen LogP contribution in [0.2, 0.25) is 0 Å². The Hall–Kier alpha value is -0.400. The number of ketones is 2. The van der Waals surface area contributed by atoms with Gasteiger partial charge in [0.25, 0.3) is 0 Å². The number of alkyl halides is 2. The largest absolute Gasteiger partial charge is 0.353 e. The normalized spacial score (nSPS) is 43.4. The van der Waals surface area contributed by atoms with E-state index in [0.717, 1.165) is 0 Å². The SMILES string of the molecule is C.C.CO[C@@H]1OC2(CC(=O)C2)[C@H]2OC(C)(C)O[C@@H]12.CO[C@@H]1O[C@@]2(CC(=O)C2(Cl)Cl)[C@H]2OC(C)(C)O[C@@H]12. The lowest BCUT2D eigenvalue weighted by Crippen LogP contribution is -2.69. The van der Waals surface area contributed by atoms with Crippen LogP contribution < -0.4 is 0 Å². The molecule has 208 valence electrons. The minimum atomic E-state index is -1.60. The molecule has 0 aromatic heterocycles. The van der Waals surface area contributed by atoms with Gasteiger partial charge in [-0.2, -0.15) is 0 Å². The number of carbonyl (C=O) groups excluding carboxylic acids is 2. The zero-order valence-corrected chi connectivity index (χ0v) is 21.4. The Labute approximate surface area is 222 Å². The molecule has 0 N–H and O–H groups in total. The Balaban J connectivity index is 0.000000191. The highest BCUT2D eigenvalue weighted by Gasteiger charge is 2.78. The highest BCUT2D eigenvalue weighted by molar-refractivity contribution is 6.61. The third-order valence-corrected chi connectivity index (χ3v) is 8.27. The number of Topliss-reactive ketones (excluding diaryl/α,β-unsaturated/α-hetero) is 2. The summed E-state index contributed by atoms with van der Waals surface area (Å²) >= 11 is 12.2. The maximum absolute atomic E-state index is 11.6. The van der Waals surface area contributed by atoms with Crippen LogP contribution in [0.4, 0.5) is 0 Å². The maximum Gasteiger partial charge on any atom is 0.207 e. The van der Waals surface area contributed by atoms with Crippen LogP contribution in [-0.4, -0.2) is 89.9 Å². The van der Waals surface area contributed by atoms with Crippen molar-refractivity contribution in [1.29, 1.82) is 0 Å². The van der Waals surface area contributed by atoms with E-state index in [2.05, 4.69) is 0 Å². The molecule has 4 saturated heterocycles. The molecule has 6 fully saturated rings. The quantitative estimate of drug-likeness (QED) is 0.470. The lowest BCUT2D eigenvalue weighted by molar-refractivity contribution is -0.261. The van der Waals surface area contributed by atoms with Crippen molar-refractivity contribution in [2.24, 2.45) is 0 Å². The molecule has 4 aliphatic heterocycles. The zero-order valence-electron chi connectivity index (χ0n) is 19.9. The van der Waals surface area contributed by atoms with Gasteiger partial charge in [-0.3, -0.25) is 9.59 Å². The topological polar surface area (TPSA) is 108 Å². The lowest BCUT2D eigenvalue weighted by Gasteiger charge is -2.49. The van der Waals surface area contributed by atoms with Gasteiger partial charge in [0.2, 0.25) is 4.33 Å². The number of hydrogen-bond donors (Lipinski definition) is 0. The van der Waals surface area contributed by atoms with Gasteiger partial charge in [-0.05, 0) is 27.7 Å². The Morgan fingerprint density at radius 2 is 1.19 bits per heavy atom. The van der Waals surface area contributed by atoms with Crippen molar-refractivity contribution >= 4 is 34.8 Å². The predicted molar refractivity (Wildman–Crippen MR) is 129 cm³/mol. The Morgan fingerprint density at radius 1 is 0.722 bits per heavy atom. The fraction of sp³-hybridized carbons (Fsp3) is 0.917. The van der Waals surface area contributed by atoms with Crippen LogP contribution in [0.5, 0.6) is 0 Å². The molecule has 2 aliphatic carbocycles. The van der Waals surface area contributed by atoms with Gasteiger partial charge in [0, 0.05) is 33.5 Å². The monoisotopic (exact) mass is 556 g/mol. The van der Waals surface area contributed by atoms with Gasteiger partial charge < -0.3 is 37.9 Å². The molecule has 0 aromatic carbocycles. The summed E-state index contributed by atoms with van der Waals surface area (Å²) in [6, 6.07) is 0. The van der Waals surface area contributed by atoms with Crippen LogP contribution in [-0.2, 0) is 47.5 Å². The summed E-state index contributed by atoms with van der Waals surface area (Å²) < 4.78 is 43.5. The second kappa shape index (κ2) is 9.36. The van der Waals surface area contributed by atoms with E-state index in [1.807, 2.05) is 13.8 Å². The molecule has 7 atom stereocenters. The molecule has 12 heteroatoms. The molecule has 0 aromatic rings. The number of fused-ring (bicyclic) bond motifs is 4. The first-order chi connectivity index (χ1) is 15.7. The zero-order chi connectivity index (χ0) is 24.9. The van der Waals surface area contributed by atoms with E-state index in [0.29, 0.717) is 12.8 Å². The number of carbonyl (C=O) groups is 2. The number of methoxy groups -OCH3 is 2. The number of hydrogen-bond acceptors (Lipinski definition) is 10. The third kappa shape index (κ3) is 4.26. The van der Waals surface area contributed by atoms with Crippen molar-refractivity contribution in [3.05, 3.63) is 0 Å². The average Bonchev–Trinajstić information content (AvgIpc) is 3.39. The standard InChI is InChI=1S/C11H14Cl2O5.C11H16O5.2CH4/c1-9(2)16-6-7(17-9)10(18-8(6)15-3)4-5(14)11(10,12)13;1-10(2)14-7-8(15-10)11(4-6(12)5-11)16-9(7)13-3;;/h6-8H,4H2,1-3H3;7-9H,4-5H2,1-3H3;2*1H4/t6-,7+,8-,10+;7-,8+,9-;;/m11../s1. The molecule has 6 aliphatic rings. The fourth-order valence-electron chi connectivity index (χ4n) is 5.70.